The van der Waals surface area contributed by atoms with E-state index in [9.17, 15) is 0 Å². The smallest absolute Gasteiger partial charge is 0.142 e. The van der Waals surface area contributed by atoms with Crippen LogP contribution in [0.2, 0.25) is 0 Å². The molecule has 1 aromatic rings. The molecule has 0 radical (unpaired) electrons. The van der Waals surface area contributed by atoms with E-state index < -0.39 is 0 Å². The number of benzene rings is 1. The van der Waals surface area contributed by atoms with E-state index in [2.05, 4.69) is 41.3 Å². The number of anilines is 1. The molecular formula is C17H27BrN2O. The first kappa shape index (κ1) is 17.9. The van der Waals surface area contributed by atoms with Crippen molar-refractivity contribution >= 4 is 22.7 Å². The number of ether oxygens (including phenoxy) is 1. The molecule has 0 aromatic heterocycles. The molecule has 0 bridgehead atoms. The van der Waals surface area contributed by atoms with Gasteiger partial charge in [0.1, 0.15) is 5.75 Å². The minimum atomic E-state index is 0. The summed E-state index contributed by atoms with van der Waals surface area (Å²) in [5.74, 6) is 0.965. The van der Waals surface area contributed by atoms with Gasteiger partial charge in [-0.15, -0.1) is 17.0 Å². The number of unbranched alkanes of at least 4 members (excludes halogenated alkanes) is 3. The second-order valence-electron chi connectivity index (χ2n) is 5.18. The molecule has 118 valence electrons. The maximum atomic E-state index is 5.70. The Balaban J connectivity index is 0.00000220. The fourth-order valence-electron chi connectivity index (χ4n) is 2.48. The molecular weight excluding hydrogens is 328 g/mol. The lowest BCUT2D eigenvalue weighted by Crippen LogP contribution is -2.26. The lowest BCUT2D eigenvalue weighted by molar-refractivity contribution is 0.339. The van der Waals surface area contributed by atoms with Gasteiger partial charge in [-0.1, -0.05) is 38.3 Å². The summed E-state index contributed by atoms with van der Waals surface area (Å²) < 4.78 is 5.70. The zero-order chi connectivity index (χ0) is 14.2. The highest BCUT2D eigenvalue weighted by Crippen LogP contribution is 2.30. The Kier molecular flexibility index (Phi) is 8.28. The van der Waals surface area contributed by atoms with Crippen LogP contribution in [-0.2, 0) is 0 Å². The highest BCUT2D eigenvalue weighted by atomic mass is 79.9. The van der Waals surface area contributed by atoms with E-state index in [1.165, 1.54) is 25.7 Å². The van der Waals surface area contributed by atoms with Crippen molar-refractivity contribution in [1.82, 2.24) is 4.90 Å². The number of halogens is 1. The minimum absolute atomic E-state index is 0. The lowest BCUT2D eigenvalue weighted by atomic mass is 10.2. The number of hydrogen-bond donors (Lipinski definition) is 0. The third-order valence-electron chi connectivity index (χ3n) is 3.56. The van der Waals surface area contributed by atoms with E-state index in [0.717, 1.165) is 24.7 Å². The van der Waals surface area contributed by atoms with Gasteiger partial charge in [-0.25, -0.2) is 0 Å². The predicted molar refractivity (Wildman–Crippen MR) is 95.3 cm³/mol. The van der Waals surface area contributed by atoms with Gasteiger partial charge < -0.3 is 14.5 Å². The largest absolute Gasteiger partial charge is 0.492 e. The fraction of sp³-hybridized carbons (Fsp3) is 0.529. The van der Waals surface area contributed by atoms with Crippen LogP contribution < -0.4 is 9.64 Å². The molecule has 0 saturated carbocycles. The van der Waals surface area contributed by atoms with Gasteiger partial charge in [0.25, 0.3) is 0 Å². The van der Waals surface area contributed by atoms with Crippen LogP contribution in [0.15, 0.2) is 36.7 Å². The molecule has 1 aromatic carbocycles. The normalized spacial score (nSPS) is 13.4. The second-order valence-corrected chi connectivity index (χ2v) is 5.18. The van der Waals surface area contributed by atoms with Gasteiger partial charge in [-0.05, 0) is 25.5 Å². The first-order valence-corrected chi connectivity index (χ1v) is 7.76. The summed E-state index contributed by atoms with van der Waals surface area (Å²) >= 11 is 0. The maximum absolute atomic E-state index is 5.70. The van der Waals surface area contributed by atoms with Gasteiger partial charge in [-0.2, -0.15) is 0 Å². The van der Waals surface area contributed by atoms with Crippen LogP contribution in [0.4, 0.5) is 5.69 Å². The highest BCUT2D eigenvalue weighted by molar-refractivity contribution is 8.93. The maximum Gasteiger partial charge on any atom is 0.142 e. The summed E-state index contributed by atoms with van der Waals surface area (Å²) in [6.45, 7) is 7.05. The molecule has 0 spiro atoms. The molecule has 21 heavy (non-hydrogen) atoms. The van der Waals surface area contributed by atoms with E-state index >= 15 is 0 Å². The van der Waals surface area contributed by atoms with Gasteiger partial charge in [0.2, 0.25) is 0 Å². The standard InChI is InChI=1S/C17H26N2O.BrH/c1-3-5-6-9-12-18-13-14-19(15-18)16-10-7-8-11-17(16)20-4-2;/h7-8,10-11,13-14H,3-6,9,12,15H2,1-2H3;1H. The fourth-order valence-corrected chi connectivity index (χ4v) is 2.48. The third-order valence-corrected chi connectivity index (χ3v) is 3.56. The molecule has 0 aliphatic carbocycles. The molecule has 0 amide bonds. The van der Waals surface area contributed by atoms with Crippen LogP contribution in [-0.4, -0.2) is 24.7 Å². The van der Waals surface area contributed by atoms with Crippen molar-refractivity contribution in [3.8, 4) is 5.75 Å². The molecule has 1 aliphatic heterocycles. The van der Waals surface area contributed by atoms with Gasteiger partial charge in [0.15, 0.2) is 0 Å². The average molecular weight is 355 g/mol. The van der Waals surface area contributed by atoms with E-state index in [4.69, 9.17) is 4.74 Å². The molecule has 0 N–H and O–H groups in total. The van der Waals surface area contributed by atoms with Crippen molar-refractivity contribution in [1.29, 1.82) is 0 Å². The Hall–Kier alpha value is -1.16. The Labute approximate surface area is 139 Å². The van der Waals surface area contributed by atoms with Gasteiger partial charge in [0.05, 0.1) is 19.0 Å². The molecule has 0 atom stereocenters. The molecule has 4 heteroatoms. The molecule has 0 unspecified atom stereocenters. The third kappa shape index (κ3) is 5.27. The zero-order valence-corrected chi connectivity index (χ0v) is 14.8. The summed E-state index contributed by atoms with van der Waals surface area (Å²) in [5, 5.41) is 0. The van der Waals surface area contributed by atoms with Crippen molar-refractivity contribution in [3.63, 3.8) is 0 Å². The van der Waals surface area contributed by atoms with E-state index in [1.54, 1.807) is 0 Å². The van der Waals surface area contributed by atoms with Crippen molar-refractivity contribution < 1.29 is 4.74 Å². The van der Waals surface area contributed by atoms with Gasteiger partial charge in [0, 0.05) is 18.9 Å². The Morgan fingerprint density at radius 3 is 2.62 bits per heavy atom. The van der Waals surface area contributed by atoms with Gasteiger partial charge >= 0.3 is 0 Å². The SMILES string of the molecule is Br.CCCCCCN1C=CN(c2ccccc2OCC)C1. The molecule has 1 heterocycles. The Bertz CT molecular complexity index is 437. The summed E-state index contributed by atoms with van der Waals surface area (Å²) in [4.78, 5) is 4.63. The van der Waals surface area contributed by atoms with Crippen LogP contribution in [0.5, 0.6) is 5.75 Å². The number of hydrogen-bond acceptors (Lipinski definition) is 3. The zero-order valence-electron chi connectivity index (χ0n) is 13.1. The minimum Gasteiger partial charge on any atom is -0.492 e. The molecule has 0 saturated heterocycles. The quantitative estimate of drug-likeness (QED) is 0.624. The van der Waals surface area contributed by atoms with Gasteiger partial charge in [-0.3, -0.25) is 0 Å². The second kappa shape index (κ2) is 9.72. The summed E-state index contributed by atoms with van der Waals surface area (Å²) in [6.07, 6.45) is 9.58. The van der Waals surface area contributed by atoms with E-state index in [1.807, 2.05) is 19.1 Å². The van der Waals surface area contributed by atoms with E-state index in [0.29, 0.717) is 6.61 Å². The average Bonchev–Trinajstić information content (AvgIpc) is 2.93. The molecule has 3 nitrogen and oxygen atoms in total. The molecule has 0 fully saturated rings. The Morgan fingerprint density at radius 1 is 1.05 bits per heavy atom. The summed E-state index contributed by atoms with van der Waals surface area (Å²) in [5.41, 5.74) is 1.15. The number of nitrogens with zero attached hydrogens (tertiary/aromatic N) is 2. The number of rotatable bonds is 8. The van der Waals surface area contributed by atoms with Crippen LogP contribution in [0.25, 0.3) is 0 Å². The highest BCUT2D eigenvalue weighted by Gasteiger charge is 2.16. The van der Waals surface area contributed by atoms with Crippen LogP contribution in [0.3, 0.4) is 0 Å². The van der Waals surface area contributed by atoms with Crippen molar-refractivity contribution in [2.24, 2.45) is 0 Å². The predicted octanol–water partition coefficient (Wildman–Crippen LogP) is 4.79. The first-order chi connectivity index (χ1) is 9.85. The van der Waals surface area contributed by atoms with Crippen LogP contribution >= 0.6 is 17.0 Å². The monoisotopic (exact) mass is 354 g/mol. The summed E-state index contributed by atoms with van der Waals surface area (Å²) in [7, 11) is 0. The lowest BCUT2D eigenvalue weighted by Gasteiger charge is -2.23. The molecule has 2 rings (SSSR count). The number of para-hydroxylation sites is 2. The van der Waals surface area contributed by atoms with Crippen molar-refractivity contribution in [2.45, 2.75) is 39.5 Å². The Morgan fingerprint density at radius 2 is 1.86 bits per heavy atom. The van der Waals surface area contributed by atoms with E-state index in [-0.39, 0.29) is 17.0 Å². The first-order valence-electron chi connectivity index (χ1n) is 7.76. The summed E-state index contributed by atoms with van der Waals surface area (Å²) in [6, 6.07) is 8.25. The topological polar surface area (TPSA) is 15.7 Å². The van der Waals surface area contributed by atoms with Crippen molar-refractivity contribution in [3.05, 3.63) is 36.7 Å². The van der Waals surface area contributed by atoms with Crippen LogP contribution in [0, 0.1) is 0 Å². The van der Waals surface area contributed by atoms with Crippen molar-refractivity contribution in [2.75, 3.05) is 24.7 Å². The molecule has 1 aliphatic rings. The van der Waals surface area contributed by atoms with Crippen LogP contribution in [0.1, 0.15) is 39.5 Å².